The SMILES string of the molecule is C[C@H](OC(=O)Cn1c(=O)oc2ccccc21)C(=O)Nc1cccc2ccccc12. The van der Waals surface area contributed by atoms with Crippen molar-refractivity contribution in [2.24, 2.45) is 0 Å². The Balaban J connectivity index is 1.45. The fraction of sp³-hybridized carbons (Fsp3) is 0.136. The van der Waals surface area contributed by atoms with Crippen LogP contribution in [-0.4, -0.2) is 22.5 Å². The predicted octanol–water partition coefficient (Wildman–Crippen LogP) is 3.32. The van der Waals surface area contributed by atoms with E-state index in [0.717, 1.165) is 10.8 Å². The Morgan fingerprint density at radius 3 is 2.62 bits per heavy atom. The van der Waals surface area contributed by atoms with Gasteiger partial charge in [0.05, 0.1) is 5.52 Å². The van der Waals surface area contributed by atoms with Crippen molar-refractivity contribution in [3.8, 4) is 0 Å². The lowest BCUT2D eigenvalue weighted by Gasteiger charge is -2.15. The van der Waals surface area contributed by atoms with Crippen molar-refractivity contribution in [1.29, 1.82) is 0 Å². The number of nitrogens with one attached hydrogen (secondary N) is 1. The number of aromatic nitrogens is 1. The van der Waals surface area contributed by atoms with Gasteiger partial charge in [0, 0.05) is 11.1 Å². The second-order valence-corrected chi connectivity index (χ2v) is 6.57. The summed E-state index contributed by atoms with van der Waals surface area (Å²) in [6.45, 7) is 1.14. The Morgan fingerprint density at radius 1 is 1.03 bits per heavy atom. The lowest BCUT2D eigenvalue weighted by atomic mass is 10.1. The molecule has 7 nitrogen and oxygen atoms in total. The molecule has 1 aromatic heterocycles. The van der Waals surface area contributed by atoms with Crippen molar-refractivity contribution < 1.29 is 18.7 Å². The standard InChI is InChI=1S/C22H18N2O5/c1-14(21(26)23-17-10-6-8-15-7-2-3-9-16(15)17)28-20(25)13-24-18-11-4-5-12-19(18)29-22(24)27/h2-12,14H,13H2,1H3,(H,23,26)/t14-/m0/s1. The highest BCUT2D eigenvalue weighted by atomic mass is 16.5. The van der Waals surface area contributed by atoms with E-state index < -0.39 is 23.7 Å². The first-order chi connectivity index (χ1) is 14.0. The summed E-state index contributed by atoms with van der Waals surface area (Å²) in [4.78, 5) is 36.7. The summed E-state index contributed by atoms with van der Waals surface area (Å²) >= 11 is 0. The van der Waals surface area contributed by atoms with E-state index in [1.54, 1.807) is 30.3 Å². The van der Waals surface area contributed by atoms with Gasteiger partial charge in [0.25, 0.3) is 5.91 Å². The minimum Gasteiger partial charge on any atom is -0.451 e. The third-order valence-corrected chi connectivity index (χ3v) is 4.59. The highest BCUT2D eigenvalue weighted by Gasteiger charge is 2.20. The van der Waals surface area contributed by atoms with Gasteiger partial charge in [-0.25, -0.2) is 4.79 Å². The van der Waals surface area contributed by atoms with Crippen LogP contribution in [0.1, 0.15) is 6.92 Å². The van der Waals surface area contributed by atoms with Crippen LogP contribution in [0.15, 0.2) is 75.9 Å². The van der Waals surface area contributed by atoms with E-state index in [-0.39, 0.29) is 6.54 Å². The molecule has 0 fully saturated rings. The maximum atomic E-state index is 12.5. The fourth-order valence-electron chi connectivity index (χ4n) is 3.15. The molecule has 3 aromatic carbocycles. The van der Waals surface area contributed by atoms with E-state index in [1.807, 2.05) is 36.4 Å². The van der Waals surface area contributed by atoms with Gasteiger partial charge in [-0.15, -0.1) is 0 Å². The third-order valence-electron chi connectivity index (χ3n) is 4.59. The Bertz CT molecular complexity index is 1270. The summed E-state index contributed by atoms with van der Waals surface area (Å²) in [6.07, 6.45) is -1.03. The van der Waals surface area contributed by atoms with Gasteiger partial charge in [0.2, 0.25) is 0 Å². The molecule has 0 aliphatic rings. The Hall–Kier alpha value is -3.87. The number of amides is 1. The van der Waals surface area contributed by atoms with Crippen molar-refractivity contribution >= 4 is 39.4 Å². The molecule has 0 bridgehead atoms. The van der Waals surface area contributed by atoms with Crippen molar-refractivity contribution in [2.45, 2.75) is 19.6 Å². The molecule has 4 rings (SSSR count). The molecular formula is C22H18N2O5. The molecule has 0 radical (unpaired) electrons. The van der Waals surface area contributed by atoms with Crippen LogP contribution in [0.4, 0.5) is 5.69 Å². The second kappa shape index (κ2) is 7.63. The number of anilines is 1. The van der Waals surface area contributed by atoms with Gasteiger partial charge in [0.1, 0.15) is 6.54 Å². The molecule has 0 saturated carbocycles. The molecule has 146 valence electrons. The number of oxazole rings is 1. The summed E-state index contributed by atoms with van der Waals surface area (Å²) in [5.41, 5.74) is 1.50. The summed E-state index contributed by atoms with van der Waals surface area (Å²) in [5, 5.41) is 4.66. The number of esters is 1. The zero-order valence-corrected chi connectivity index (χ0v) is 15.6. The number of rotatable bonds is 5. The van der Waals surface area contributed by atoms with Gasteiger partial charge in [0.15, 0.2) is 11.7 Å². The minimum atomic E-state index is -1.03. The monoisotopic (exact) mass is 390 g/mol. The van der Waals surface area contributed by atoms with Crippen LogP contribution in [0, 0.1) is 0 Å². The number of hydrogen-bond donors (Lipinski definition) is 1. The molecule has 0 unspecified atom stereocenters. The van der Waals surface area contributed by atoms with Crippen LogP contribution in [0.3, 0.4) is 0 Å². The average Bonchev–Trinajstić information content (AvgIpc) is 3.03. The lowest BCUT2D eigenvalue weighted by Crippen LogP contribution is -2.32. The summed E-state index contributed by atoms with van der Waals surface area (Å²) in [5.74, 6) is -1.82. The highest BCUT2D eigenvalue weighted by molar-refractivity contribution is 6.03. The van der Waals surface area contributed by atoms with Crippen LogP contribution in [-0.2, 0) is 20.9 Å². The topological polar surface area (TPSA) is 90.5 Å². The lowest BCUT2D eigenvalue weighted by molar-refractivity contribution is -0.153. The van der Waals surface area contributed by atoms with Gasteiger partial charge in [-0.05, 0) is 30.5 Å². The summed E-state index contributed by atoms with van der Waals surface area (Å²) in [7, 11) is 0. The zero-order valence-electron chi connectivity index (χ0n) is 15.6. The molecule has 0 saturated heterocycles. The van der Waals surface area contributed by atoms with Crippen molar-refractivity contribution in [1.82, 2.24) is 4.57 Å². The Morgan fingerprint density at radius 2 is 1.76 bits per heavy atom. The number of carbonyl (C=O) groups excluding carboxylic acids is 2. The average molecular weight is 390 g/mol. The number of benzene rings is 3. The minimum absolute atomic E-state index is 0.346. The molecule has 7 heteroatoms. The van der Waals surface area contributed by atoms with Gasteiger partial charge < -0.3 is 14.5 Å². The van der Waals surface area contributed by atoms with Gasteiger partial charge in [-0.1, -0.05) is 48.5 Å². The molecule has 1 atom stereocenters. The van der Waals surface area contributed by atoms with E-state index in [4.69, 9.17) is 9.15 Å². The van der Waals surface area contributed by atoms with Crippen LogP contribution in [0.2, 0.25) is 0 Å². The van der Waals surface area contributed by atoms with Crippen molar-refractivity contribution in [3.63, 3.8) is 0 Å². The largest absolute Gasteiger partial charge is 0.451 e. The van der Waals surface area contributed by atoms with E-state index in [9.17, 15) is 14.4 Å². The zero-order chi connectivity index (χ0) is 20.4. The van der Waals surface area contributed by atoms with Gasteiger partial charge in [-0.3, -0.25) is 14.2 Å². The van der Waals surface area contributed by atoms with Crippen LogP contribution < -0.4 is 11.1 Å². The number of carbonyl (C=O) groups is 2. The van der Waals surface area contributed by atoms with E-state index in [0.29, 0.717) is 16.8 Å². The molecule has 29 heavy (non-hydrogen) atoms. The number of para-hydroxylation sites is 2. The number of hydrogen-bond acceptors (Lipinski definition) is 5. The first-order valence-corrected chi connectivity index (χ1v) is 9.09. The van der Waals surface area contributed by atoms with Crippen molar-refractivity contribution in [2.75, 3.05) is 5.32 Å². The molecule has 0 aliphatic carbocycles. The van der Waals surface area contributed by atoms with Crippen LogP contribution in [0.5, 0.6) is 0 Å². The van der Waals surface area contributed by atoms with E-state index >= 15 is 0 Å². The Labute approximate surface area is 165 Å². The van der Waals surface area contributed by atoms with Gasteiger partial charge in [-0.2, -0.15) is 0 Å². The van der Waals surface area contributed by atoms with E-state index in [1.165, 1.54) is 11.5 Å². The Kier molecular flexibility index (Phi) is 4.87. The maximum absolute atomic E-state index is 12.5. The molecule has 0 aliphatic heterocycles. The third kappa shape index (κ3) is 3.75. The first-order valence-electron chi connectivity index (χ1n) is 9.09. The predicted molar refractivity (Wildman–Crippen MR) is 109 cm³/mol. The maximum Gasteiger partial charge on any atom is 0.420 e. The van der Waals surface area contributed by atoms with Gasteiger partial charge >= 0.3 is 11.7 Å². The number of fused-ring (bicyclic) bond motifs is 2. The smallest absolute Gasteiger partial charge is 0.420 e. The summed E-state index contributed by atoms with van der Waals surface area (Å²) in [6, 6.07) is 20.0. The normalized spacial score (nSPS) is 12.0. The first kappa shape index (κ1) is 18.5. The highest BCUT2D eigenvalue weighted by Crippen LogP contribution is 2.23. The molecule has 1 heterocycles. The van der Waals surface area contributed by atoms with E-state index in [2.05, 4.69) is 5.32 Å². The number of ether oxygens (including phenoxy) is 1. The number of nitrogens with zero attached hydrogens (tertiary/aromatic N) is 1. The fourth-order valence-corrected chi connectivity index (χ4v) is 3.15. The summed E-state index contributed by atoms with van der Waals surface area (Å²) < 4.78 is 11.5. The quantitative estimate of drug-likeness (QED) is 0.528. The van der Waals surface area contributed by atoms with Crippen LogP contribution in [0.25, 0.3) is 21.9 Å². The molecule has 4 aromatic rings. The second-order valence-electron chi connectivity index (χ2n) is 6.57. The van der Waals surface area contributed by atoms with Crippen LogP contribution >= 0.6 is 0 Å². The molecular weight excluding hydrogens is 372 g/mol. The molecule has 1 N–H and O–H groups in total. The van der Waals surface area contributed by atoms with Crippen molar-refractivity contribution in [3.05, 3.63) is 77.3 Å². The molecule has 0 spiro atoms. The molecule has 1 amide bonds.